The van der Waals surface area contributed by atoms with E-state index in [-0.39, 0.29) is 17.8 Å². The third-order valence-electron chi connectivity index (χ3n) is 1.71. The van der Waals surface area contributed by atoms with E-state index in [1.54, 1.807) is 18.2 Å². The molecule has 0 aromatic heterocycles. The van der Waals surface area contributed by atoms with Crippen molar-refractivity contribution in [1.82, 2.24) is 5.32 Å². The van der Waals surface area contributed by atoms with Crippen molar-refractivity contribution in [3.63, 3.8) is 0 Å². The van der Waals surface area contributed by atoms with Crippen molar-refractivity contribution in [1.29, 1.82) is 0 Å². The van der Waals surface area contributed by atoms with E-state index in [0.717, 1.165) is 0 Å². The minimum absolute atomic E-state index is 0.106. The Morgan fingerprint density at radius 3 is 2.80 bits per heavy atom. The molecule has 0 spiro atoms. The second kappa shape index (κ2) is 5.29. The summed E-state index contributed by atoms with van der Waals surface area (Å²) in [6.07, 6.45) is 2.98. The largest absolute Gasteiger partial charge is 0.350 e. The van der Waals surface area contributed by atoms with Crippen molar-refractivity contribution >= 4 is 12.0 Å². The van der Waals surface area contributed by atoms with Gasteiger partial charge >= 0.3 is 0 Å². The highest BCUT2D eigenvalue weighted by molar-refractivity contribution is 5.91. The molecule has 0 saturated heterocycles. The zero-order valence-corrected chi connectivity index (χ0v) is 8.83. The Morgan fingerprint density at radius 2 is 2.20 bits per heavy atom. The van der Waals surface area contributed by atoms with Gasteiger partial charge in [0.2, 0.25) is 5.91 Å². The molecule has 0 atom stereocenters. The zero-order valence-electron chi connectivity index (χ0n) is 8.83. The Kier molecular flexibility index (Phi) is 4.03. The minimum Gasteiger partial charge on any atom is -0.350 e. The molecule has 1 amide bonds. The molecule has 0 bridgehead atoms. The summed E-state index contributed by atoms with van der Waals surface area (Å²) < 4.78 is 12.8. The van der Waals surface area contributed by atoms with E-state index in [2.05, 4.69) is 5.32 Å². The normalized spacial score (nSPS) is 10.9. The summed E-state index contributed by atoms with van der Waals surface area (Å²) in [5, 5.41) is 2.71. The lowest BCUT2D eigenvalue weighted by molar-refractivity contribution is -0.116. The highest BCUT2D eigenvalue weighted by atomic mass is 19.1. The van der Waals surface area contributed by atoms with Crippen LogP contribution in [0.15, 0.2) is 30.3 Å². The predicted molar refractivity (Wildman–Crippen MR) is 58.7 cm³/mol. The van der Waals surface area contributed by atoms with E-state index in [1.807, 2.05) is 13.8 Å². The number of hydrogen-bond donors (Lipinski definition) is 1. The van der Waals surface area contributed by atoms with Crippen molar-refractivity contribution in [2.24, 2.45) is 0 Å². The van der Waals surface area contributed by atoms with E-state index >= 15 is 0 Å². The van der Waals surface area contributed by atoms with Crippen LogP contribution in [0, 0.1) is 5.82 Å². The lowest BCUT2D eigenvalue weighted by Crippen LogP contribution is -2.28. The van der Waals surface area contributed by atoms with Crippen LogP contribution in [-0.2, 0) is 4.79 Å². The molecule has 0 saturated carbocycles. The van der Waals surface area contributed by atoms with Crippen molar-refractivity contribution < 1.29 is 9.18 Å². The number of carbonyl (C=O) groups excluding carboxylic acids is 1. The number of amides is 1. The molecule has 0 heterocycles. The van der Waals surface area contributed by atoms with Crippen molar-refractivity contribution in [3.8, 4) is 0 Å². The summed E-state index contributed by atoms with van der Waals surface area (Å²) >= 11 is 0. The van der Waals surface area contributed by atoms with Crippen molar-refractivity contribution in [2.75, 3.05) is 0 Å². The number of nitrogens with one attached hydrogen (secondary N) is 1. The summed E-state index contributed by atoms with van der Waals surface area (Å²) in [6, 6.07) is 6.19. The van der Waals surface area contributed by atoms with Crippen molar-refractivity contribution in [3.05, 3.63) is 41.7 Å². The fraction of sp³-hybridized carbons (Fsp3) is 0.250. The maximum absolute atomic E-state index is 12.8. The Morgan fingerprint density at radius 1 is 1.47 bits per heavy atom. The topological polar surface area (TPSA) is 29.1 Å². The predicted octanol–water partition coefficient (Wildman–Crippen LogP) is 2.36. The number of halogens is 1. The van der Waals surface area contributed by atoms with Crippen LogP contribution < -0.4 is 5.32 Å². The molecular weight excluding hydrogens is 193 g/mol. The SMILES string of the molecule is CC(C)NC(=O)/C=C/c1cccc(F)c1. The van der Waals surface area contributed by atoms with Crippen LogP contribution in [0.1, 0.15) is 19.4 Å². The lowest BCUT2D eigenvalue weighted by atomic mass is 10.2. The van der Waals surface area contributed by atoms with Gasteiger partial charge in [-0.3, -0.25) is 4.79 Å². The molecule has 2 nitrogen and oxygen atoms in total. The van der Waals surface area contributed by atoms with E-state index < -0.39 is 0 Å². The Balaban J connectivity index is 2.61. The summed E-state index contributed by atoms with van der Waals surface area (Å²) in [7, 11) is 0. The highest BCUT2D eigenvalue weighted by Gasteiger charge is 1.97. The van der Waals surface area contributed by atoms with E-state index in [4.69, 9.17) is 0 Å². The van der Waals surface area contributed by atoms with E-state index in [9.17, 15) is 9.18 Å². The van der Waals surface area contributed by atoms with Crippen LogP contribution in [0.3, 0.4) is 0 Å². The van der Waals surface area contributed by atoms with Gasteiger partial charge in [-0.15, -0.1) is 0 Å². The fourth-order valence-corrected chi connectivity index (χ4v) is 1.11. The lowest BCUT2D eigenvalue weighted by Gasteiger charge is -2.03. The molecule has 80 valence electrons. The zero-order chi connectivity index (χ0) is 11.3. The van der Waals surface area contributed by atoms with Crippen LogP contribution in [0.4, 0.5) is 4.39 Å². The molecule has 15 heavy (non-hydrogen) atoms. The molecule has 0 aliphatic rings. The second-order valence-corrected chi connectivity index (χ2v) is 3.55. The Hall–Kier alpha value is -1.64. The number of carbonyl (C=O) groups is 1. The van der Waals surface area contributed by atoms with Crippen LogP contribution >= 0.6 is 0 Å². The summed E-state index contributed by atoms with van der Waals surface area (Å²) in [4.78, 5) is 11.2. The first-order valence-electron chi connectivity index (χ1n) is 4.82. The standard InChI is InChI=1S/C12H14FNO/c1-9(2)14-12(15)7-6-10-4-3-5-11(13)8-10/h3-9H,1-2H3,(H,14,15)/b7-6+. The summed E-state index contributed by atoms with van der Waals surface area (Å²) in [6.45, 7) is 3.77. The van der Waals surface area contributed by atoms with E-state index in [0.29, 0.717) is 5.56 Å². The van der Waals surface area contributed by atoms with Gasteiger partial charge in [-0.2, -0.15) is 0 Å². The van der Waals surface area contributed by atoms with Crippen LogP contribution in [0.25, 0.3) is 6.08 Å². The van der Waals surface area contributed by atoms with Crippen LogP contribution in [-0.4, -0.2) is 11.9 Å². The molecule has 3 heteroatoms. The Bertz CT molecular complexity index is 372. The number of benzene rings is 1. The minimum atomic E-state index is -0.304. The third kappa shape index (κ3) is 4.40. The third-order valence-corrected chi connectivity index (χ3v) is 1.71. The average molecular weight is 207 g/mol. The Labute approximate surface area is 88.8 Å². The maximum Gasteiger partial charge on any atom is 0.244 e. The fourth-order valence-electron chi connectivity index (χ4n) is 1.11. The first kappa shape index (κ1) is 11.4. The smallest absolute Gasteiger partial charge is 0.244 e. The molecule has 1 N–H and O–H groups in total. The molecule has 0 radical (unpaired) electrons. The number of rotatable bonds is 3. The maximum atomic E-state index is 12.8. The average Bonchev–Trinajstić information content (AvgIpc) is 2.14. The van der Waals surface area contributed by atoms with Gasteiger partial charge in [0.15, 0.2) is 0 Å². The summed E-state index contributed by atoms with van der Waals surface area (Å²) in [5.74, 6) is -0.476. The monoisotopic (exact) mass is 207 g/mol. The number of hydrogen-bond acceptors (Lipinski definition) is 1. The van der Waals surface area contributed by atoms with E-state index in [1.165, 1.54) is 18.2 Å². The molecule has 1 rings (SSSR count). The van der Waals surface area contributed by atoms with Gasteiger partial charge in [0.05, 0.1) is 0 Å². The molecule has 0 unspecified atom stereocenters. The quantitative estimate of drug-likeness (QED) is 0.757. The first-order valence-corrected chi connectivity index (χ1v) is 4.82. The molecule has 0 aliphatic heterocycles. The van der Waals surface area contributed by atoms with Gasteiger partial charge < -0.3 is 5.32 Å². The molecule has 0 aliphatic carbocycles. The van der Waals surface area contributed by atoms with Gasteiger partial charge in [0, 0.05) is 12.1 Å². The molecule has 1 aromatic carbocycles. The van der Waals surface area contributed by atoms with Gasteiger partial charge in [0.25, 0.3) is 0 Å². The second-order valence-electron chi connectivity index (χ2n) is 3.55. The van der Waals surface area contributed by atoms with Crippen molar-refractivity contribution in [2.45, 2.75) is 19.9 Å². The molecular formula is C12H14FNO. The van der Waals surface area contributed by atoms with Gasteiger partial charge in [-0.1, -0.05) is 12.1 Å². The van der Waals surface area contributed by atoms with Crippen LogP contribution in [0.5, 0.6) is 0 Å². The van der Waals surface area contributed by atoms with Gasteiger partial charge in [0.1, 0.15) is 5.82 Å². The summed E-state index contributed by atoms with van der Waals surface area (Å²) in [5.41, 5.74) is 0.675. The van der Waals surface area contributed by atoms with Crippen LogP contribution in [0.2, 0.25) is 0 Å². The van der Waals surface area contributed by atoms with Gasteiger partial charge in [-0.25, -0.2) is 4.39 Å². The molecule has 0 fully saturated rings. The van der Waals surface area contributed by atoms with Gasteiger partial charge in [-0.05, 0) is 37.6 Å². The first-order chi connectivity index (χ1) is 7.08. The highest BCUT2D eigenvalue weighted by Crippen LogP contribution is 2.04. The molecule has 1 aromatic rings.